The molecule has 0 unspecified atom stereocenters. The molecular formula is C21H23N7O3. The van der Waals surface area contributed by atoms with E-state index in [2.05, 4.69) is 25.2 Å². The molecule has 5 rings (SSSR count). The Bertz CT molecular complexity index is 1260. The van der Waals surface area contributed by atoms with Crippen molar-refractivity contribution < 1.29 is 9.47 Å². The number of benzene rings is 1. The fraction of sp³-hybridized carbons (Fsp3) is 0.381. The van der Waals surface area contributed by atoms with Crippen molar-refractivity contribution in [2.75, 3.05) is 40.0 Å². The van der Waals surface area contributed by atoms with Crippen molar-refractivity contribution in [2.24, 2.45) is 0 Å². The summed E-state index contributed by atoms with van der Waals surface area (Å²) in [5.74, 6) is 0. The Morgan fingerprint density at radius 1 is 1.06 bits per heavy atom. The second-order valence-electron chi connectivity index (χ2n) is 7.43. The van der Waals surface area contributed by atoms with Crippen molar-refractivity contribution in [3.8, 4) is 11.1 Å². The monoisotopic (exact) mass is 421 g/mol. The van der Waals surface area contributed by atoms with E-state index in [1.807, 2.05) is 30.3 Å². The summed E-state index contributed by atoms with van der Waals surface area (Å²) < 4.78 is 13.9. The number of hydrogen-bond donors (Lipinski definition) is 0. The van der Waals surface area contributed by atoms with Gasteiger partial charge in [-0.2, -0.15) is 9.61 Å². The third kappa shape index (κ3) is 3.69. The quantitative estimate of drug-likeness (QED) is 0.454. The summed E-state index contributed by atoms with van der Waals surface area (Å²) in [7, 11) is 1.62. The largest absolute Gasteiger partial charge is 0.379 e. The van der Waals surface area contributed by atoms with Gasteiger partial charge < -0.3 is 9.47 Å². The van der Waals surface area contributed by atoms with Crippen LogP contribution < -0.4 is 5.56 Å². The molecule has 10 nitrogen and oxygen atoms in total. The summed E-state index contributed by atoms with van der Waals surface area (Å²) in [6, 6.07) is 9.83. The molecule has 0 spiro atoms. The number of aromatic nitrogens is 6. The van der Waals surface area contributed by atoms with Gasteiger partial charge in [-0.15, -0.1) is 10.2 Å². The highest BCUT2D eigenvalue weighted by Gasteiger charge is 2.20. The van der Waals surface area contributed by atoms with Crippen molar-refractivity contribution in [3.63, 3.8) is 0 Å². The average molecular weight is 421 g/mol. The second-order valence-corrected chi connectivity index (χ2v) is 7.43. The zero-order valence-electron chi connectivity index (χ0n) is 17.3. The molecule has 4 heterocycles. The minimum atomic E-state index is -0.224. The lowest BCUT2D eigenvalue weighted by Crippen LogP contribution is -2.39. The van der Waals surface area contributed by atoms with E-state index in [4.69, 9.17) is 9.47 Å². The highest BCUT2D eigenvalue weighted by atomic mass is 16.5. The Balaban J connectivity index is 1.57. The molecule has 4 aromatic rings. The number of hydrogen-bond acceptors (Lipinski definition) is 8. The molecule has 0 aliphatic carbocycles. The number of ether oxygens (including phenoxy) is 2. The van der Waals surface area contributed by atoms with Gasteiger partial charge in [0, 0.05) is 33.3 Å². The van der Waals surface area contributed by atoms with Crippen LogP contribution in [0.2, 0.25) is 0 Å². The molecule has 1 aromatic carbocycles. The molecule has 0 amide bonds. The maximum Gasteiger partial charge on any atom is 0.283 e. The van der Waals surface area contributed by atoms with Crippen molar-refractivity contribution >= 4 is 16.8 Å². The molecule has 10 heteroatoms. The van der Waals surface area contributed by atoms with Crippen LogP contribution in [0, 0.1) is 0 Å². The first-order valence-electron chi connectivity index (χ1n) is 10.2. The standard InChI is InChI=1S/C21H23N7O3/c1-30-13-16-17(15-5-3-2-4-6-15)19-24-23-18-20(28(19)25-16)22-14-27(21(18)29)8-7-26-9-11-31-12-10-26/h2-6,14H,7-13H2,1H3. The molecule has 3 aromatic heterocycles. The van der Waals surface area contributed by atoms with Crippen LogP contribution in [-0.2, 0) is 22.6 Å². The van der Waals surface area contributed by atoms with Crippen LogP contribution in [0.1, 0.15) is 5.69 Å². The van der Waals surface area contributed by atoms with Crippen LogP contribution in [0.3, 0.4) is 0 Å². The van der Waals surface area contributed by atoms with Crippen molar-refractivity contribution in [3.05, 3.63) is 52.7 Å². The van der Waals surface area contributed by atoms with Gasteiger partial charge in [-0.05, 0) is 5.56 Å². The van der Waals surface area contributed by atoms with Gasteiger partial charge >= 0.3 is 0 Å². The maximum absolute atomic E-state index is 13.0. The van der Waals surface area contributed by atoms with Gasteiger partial charge in [0.1, 0.15) is 6.33 Å². The number of rotatable bonds is 6. The number of morpholine rings is 1. The zero-order chi connectivity index (χ0) is 21.2. The molecule has 0 bridgehead atoms. The van der Waals surface area contributed by atoms with E-state index in [0.717, 1.165) is 44.0 Å². The maximum atomic E-state index is 13.0. The summed E-state index contributed by atoms with van der Waals surface area (Å²) in [5.41, 5.74) is 3.41. The molecule has 160 valence electrons. The van der Waals surface area contributed by atoms with Gasteiger partial charge in [-0.1, -0.05) is 30.3 Å². The van der Waals surface area contributed by atoms with Crippen molar-refractivity contribution in [1.82, 2.24) is 34.3 Å². The van der Waals surface area contributed by atoms with E-state index in [-0.39, 0.29) is 11.1 Å². The van der Waals surface area contributed by atoms with E-state index in [0.29, 0.717) is 30.1 Å². The van der Waals surface area contributed by atoms with E-state index in [1.165, 1.54) is 0 Å². The molecule has 1 aliphatic rings. The highest BCUT2D eigenvalue weighted by molar-refractivity contribution is 5.83. The Hall–Kier alpha value is -3.21. The van der Waals surface area contributed by atoms with Gasteiger partial charge in [0.2, 0.25) is 0 Å². The van der Waals surface area contributed by atoms with Gasteiger partial charge in [-0.3, -0.25) is 14.3 Å². The van der Waals surface area contributed by atoms with Gasteiger partial charge in [0.05, 0.1) is 31.1 Å². The molecule has 0 atom stereocenters. The van der Waals surface area contributed by atoms with Gasteiger partial charge in [-0.25, -0.2) is 4.98 Å². The minimum Gasteiger partial charge on any atom is -0.379 e. The van der Waals surface area contributed by atoms with E-state index >= 15 is 0 Å². The third-order valence-corrected chi connectivity index (χ3v) is 5.48. The average Bonchev–Trinajstić information content (AvgIpc) is 3.18. The lowest BCUT2D eigenvalue weighted by Gasteiger charge is -2.26. The molecule has 1 saturated heterocycles. The lowest BCUT2D eigenvalue weighted by atomic mass is 10.1. The predicted molar refractivity (Wildman–Crippen MR) is 114 cm³/mol. The predicted octanol–water partition coefficient (Wildman–Crippen LogP) is 0.980. The summed E-state index contributed by atoms with van der Waals surface area (Å²) in [4.78, 5) is 19.8. The Labute approximate surface area is 178 Å². The molecular weight excluding hydrogens is 398 g/mol. The van der Waals surface area contributed by atoms with Crippen LogP contribution in [0.5, 0.6) is 0 Å². The summed E-state index contributed by atoms with van der Waals surface area (Å²) in [6.45, 7) is 4.78. The van der Waals surface area contributed by atoms with Crippen LogP contribution in [0.25, 0.3) is 27.9 Å². The van der Waals surface area contributed by atoms with Crippen LogP contribution in [-0.4, -0.2) is 74.2 Å². The van der Waals surface area contributed by atoms with Crippen LogP contribution >= 0.6 is 0 Å². The molecule has 0 N–H and O–H groups in total. The van der Waals surface area contributed by atoms with Crippen LogP contribution in [0.4, 0.5) is 0 Å². The Kier molecular flexibility index (Phi) is 5.41. The fourth-order valence-electron chi connectivity index (χ4n) is 3.87. The number of nitrogens with zero attached hydrogens (tertiary/aromatic N) is 7. The number of fused-ring (bicyclic) bond motifs is 3. The van der Waals surface area contributed by atoms with E-state index in [1.54, 1.807) is 22.5 Å². The molecule has 0 radical (unpaired) electrons. The zero-order valence-corrected chi connectivity index (χ0v) is 17.3. The second kappa shape index (κ2) is 8.50. The van der Waals surface area contributed by atoms with E-state index < -0.39 is 0 Å². The lowest BCUT2D eigenvalue weighted by molar-refractivity contribution is 0.0362. The Morgan fingerprint density at radius 2 is 1.87 bits per heavy atom. The van der Waals surface area contributed by atoms with Crippen LogP contribution in [0.15, 0.2) is 41.5 Å². The highest BCUT2D eigenvalue weighted by Crippen LogP contribution is 2.28. The summed E-state index contributed by atoms with van der Waals surface area (Å²) in [6.07, 6.45) is 1.56. The fourth-order valence-corrected chi connectivity index (χ4v) is 3.87. The van der Waals surface area contributed by atoms with Gasteiger partial charge in [0.25, 0.3) is 5.56 Å². The minimum absolute atomic E-state index is 0.197. The molecule has 0 saturated carbocycles. The normalized spacial score (nSPS) is 15.1. The number of methoxy groups -OCH3 is 1. The Morgan fingerprint density at radius 3 is 2.65 bits per heavy atom. The topological polar surface area (TPSA) is 99.7 Å². The van der Waals surface area contributed by atoms with Crippen molar-refractivity contribution in [1.29, 1.82) is 0 Å². The summed E-state index contributed by atoms with van der Waals surface area (Å²) >= 11 is 0. The first-order valence-corrected chi connectivity index (χ1v) is 10.2. The molecule has 1 aliphatic heterocycles. The summed E-state index contributed by atoms with van der Waals surface area (Å²) in [5, 5.41) is 13.3. The third-order valence-electron chi connectivity index (χ3n) is 5.48. The van der Waals surface area contributed by atoms with Gasteiger partial charge in [0.15, 0.2) is 16.8 Å². The molecule has 1 fully saturated rings. The first kappa shape index (κ1) is 19.7. The van der Waals surface area contributed by atoms with Crippen molar-refractivity contribution in [2.45, 2.75) is 13.2 Å². The first-order chi connectivity index (χ1) is 15.3. The SMILES string of the molecule is COCc1nn2c(nnc3c(=O)n(CCN4CCOCC4)cnc32)c1-c1ccccc1. The molecule has 31 heavy (non-hydrogen) atoms. The van der Waals surface area contributed by atoms with E-state index in [9.17, 15) is 4.79 Å². The smallest absolute Gasteiger partial charge is 0.283 e.